The van der Waals surface area contributed by atoms with Gasteiger partial charge in [0.1, 0.15) is 0 Å². The zero-order valence-electron chi connectivity index (χ0n) is 8.29. The third kappa shape index (κ3) is 3.22. The maximum Gasteiger partial charge on any atom is 0.404 e. The predicted octanol–water partition coefficient (Wildman–Crippen LogP) is 0.984. The number of likely N-dealkylation sites (tertiary alicyclic amines) is 1. The Morgan fingerprint density at radius 1 is 1.62 bits per heavy atom. The minimum absolute atomic E-state index is 0.112. The summed E-state index contributed by atoms with van der Waals surface area (Å²) in [6, 6.07) is 0.112. The molecule has 1 rings (SSSR count). The molecule has 13 heavy (non-hydrogen) atoms. The van der Waals surface area contributed by atoms with Crippen LogP contribution in [0.2, 0.25) is 0 Å². The summed E-state index contributed by atoms with van der Waals surface area (Å²) in [5, 5.41) is 11.1. The van der Waals surface area contributed by atoms with Gasteiger partial charge in [-0.3, -0.25) is 0 Å². The van der Waals surface area contributed by atoms with E-state index in [0.717, 1.165) is 26.1 Å². The van der Waals surface area contributed by atoms with E-state index >= 15 is 0 Å². The molecule has 0 aromatic heterocycles. The average Bonchev–Trinajstić information content (AvgIpc) is 2.01. The van der Waals surface area contributed by atoms with Gasteiger partial charge in [0.2, 0.25) is 0 Å². The first-order valence-corrected chi connectivity index (χ1v) is 4.83. The maximum absolute atomic E-state index is 10.4. The van der Waals surface area contributed by atoms with Crippen molar-refractivity contribution in [3.8, 4) is 0 Å². The second kappa shape index (κ2) is 4.46. The fourth-order valence-electron chi connectivity index (χ4n) is 2.00. The summed E-state index contributed by atoms with van der Waals surface area (Å²) in [5.74, 6) is 0.588. The molecule has 1 fully saturated rings. The topological polar surface area (TPSA) is 52.6 Å². The van der Waals surface area contributed by atoms with Crippen molar-refractivity contribution in [3.63, 3.8) is 0 Å². The second-order valence-corrected chi connectivity index (χ2v) is 3.84. The second-order valence-electron chi connectivity index (χ2n) is 3.84. The molecule has 0 saturated carbocycles. The lowest BCUT2D eigenvalue weighted by atomic mass is 9.96. The van der Waals surface area contributed by atoms with Crippen LogP contribution in [0.15, 0.2) is 0 Å². The molecule has 0 aromatic carbocycles. The summed E-state index contributed by atoms with van der Waals surface area (Å²) < 4.78 is 0. The van der Waals surface area contributed by atoms with E-state index in [1.807, 2.05) is 0 Å². The molecular weight excluding hydrogens is 168 g/mol. The number of piperidine rings is 1. The van der Waals surface area contributed by atoms with Crippen molar-refractivity contribution in [3.05, 3.63) is 0 Å². The van der Waals surface area contributed by atoms with Gasteiger partial charge >= 0.3 is 6.09 Å². The summed E-state index contributed by atoms with van der Waals surface area (Å²) in [5.41, 5.74) is 0. The molecule has 2 atom stereocenters. The molecule has 1 heterocycles. The molecule has 0 radical (unpaired) electrons. The van der Waals surface area contributed by atoms with Gasteiger partial charge in [-0.25, -0.2) is 4.79 Å². The summed E-state index contributed by atoms with van der Waals surface area (Å²) in [6.45, 7) is 7.22. The lowest BCUT2D eigenvalue weighted by molar-refractivity contribution is 0.143. The van der Waals surface area contributed by atoms with Crippen LogP contribution in [0, 0.1) is 5.92 Å². The van der Waals surface area contributed by atoms with Crippen LogP contribution < -0.4 is 5.32 Å². The highest BCUT2D eigenvalue weighted by atomic mass is 16.4. The predicted molar refractivity (Wildman–Crippen MR) is 50.8 cm³/mol. The maximum atomic E-state index is 10.4. The van der Waals surface area contributed by atoms with Crippen molar-refractivity contribution >= 4 is 6.09 Å². The monoisotopic (exact) mass is 186 g/mol. The van der Waals surface area contributed by atoms with Gasteiger partial charge in [-0.05, 0) is 18.9 Å². The molecule has 0 aromatic rings. The van der Waals surface area contributed by atoms with Crippen molar-refractivity contribution in [2.24, 2.45) is 5.92 Å². The van der Waals surface area contributed by atoms with Crippen LogP contribution in [-0.4, -0.2) is 41.8 Å². The van der Waals surface area contributed by atoms with Crippen LogP contribution in [-0.2, 0) is 0 Å². The Balaban J connectivity index is 2.42. The normalized spacial score (nSPS) is 30.0. The molecule has 0 aliphatic carbocycles. The number of nitrogens with zero attached hydrogens (tertiary/aromatic N) is 1. The van der Waals surface area contributed by atoms with E-state index in [0.29, 0.717) is 5.92 Å². The first-order chi connectivity index (χ1) is 6.11. The number of hydrogen-bond acceptors (Lipinski definition) is 2. The Morgan fingerprint density at radius 3 is 2.85 bits per heavy atom. The number of amides is 1. The summed E-state index contributed by atoms with van der Waals surface area (Å²) in [7, 11) is 0. The fraction of sp³-hybridized carbons (Fsp3) is 0.889. The first-order valence-electron chi connectivity index (χ1n) is 4.83. The first kappa shape index (κ1) is 10.3. The highest BCUT2D eigenvalue weighted by Crippen LogP contribution is 2.15. The highest BCUT2D eigenvalue weighted by Gasteiger charge is 2.24. The van der Waals surface area contributed by atoms with E-state index in [2.05, 4.69) is 24.1 Å². The largest absolute Gasteiger partial charge is 0.465 e. The minimum Gasteiger partial charge on any atom is -0.465 e. The standard InChI is InChI=1S/C9H18N2O2/c1-3-11-5-7(2)4-8(6-11)10-9(12)13/h7-8,10H,3-6H2,1-2H3,(H,12,13)/t7-,8+/m0/s1. The smallest absolute Gasteiger partial charge is 0.404 e. The van der Waals surface area contributed by atoms with Crippen molar-refractivity contribution in [1.29, 1.82) is 0 Å². The molecule has 1 amide bonds. The molecule has 0 unspecified atom stereocenters. The number of rotatable bonds is 2. The third-order valence-electron chi connectivity index (χ3n) is 2.51. The lowest BCUT2D eigenvalue weighted by Gasteiger charge is -2.35. The summed E-state index contributed by atoms with van der Waals surface area (Å²) in [6.07, 6.45) is 0.0538. The Kier molecular flexibility index (Phi) is 3.54. The van der Waals surface area contributed by atoms with E-state index in [9.17, 15) is 4.79 Å². The molecular formula is C9H18N2O2. The van der Waals surface area contributed by atoms with Gasteiger partial charge in [0.25, 0.3) is 0 Å². The fourth-order valence-corrected chi connectivity index (χ4v) is 2.00. The molecule has 0 spiro atoms. The van der Waals surface area contributed by atoms with Gasteiger partial charge < -0.3 is 15.3 Å². The molecule has 1 aliphatic heterocycles. The molecule has 76 valence electrons. The number of carbonyl (C=O) groups is 1. The average molecular weight is 186 g/mol. The van der Waals surface area contributed by atoms with Gasteiger partial charge in [0.05, 0.1) is 0 Å². The Labute approximate surface area is 78.9 Å². The summed E-state index contributed by atoms with van der Waals surface area (Å²) >= 11 is 0. The van der Waals surface area contributed by atoms with Crippen molar-refractivity contribution in [2.45, 2.75) is 26.3 Å². The van der Waals surface area contributed by atoms with Crippen molar-refractivity contribution < 1.29 is 9.90 Å². The molecule has 0 bridgehead atoms. The lowest BCUT2D eigenvalue weighted by Crippen LogP contribution is -2.49. The molecule has 4 heteroatoms. The quantitative estimate of drug-likeness (QED) is 0.676. The van der Waals surface area contributed by atoms with Gasteiger partial charge in [-0.1, -0.05) is 13.8 Å². The van der Waals surface area contributed by atoms with Crippen LogP contribution in [0.5, 0.6) is 0 Å². The minimum atomic E-state index is -0.907. The molecule has 4 nitrogen and oxygen atoms in total. The van der Waals surface area contributed by atoms with E-state index < -0.39 is 6.09 Å². The SMILES string of the molecule is CCN1C[C@@H](C)C[C@@H](NC(=O)O)C1. The Morgan fingerprint density at radius 2 is 2.31 bits per heavy atom. The highest BCUT2D eigenvalue weighted by molar-refractivity contribution is 5.64. The van der Waals surface area contributed by atoms with E-state index in [-0.39, 0.29) is 6.04 Å². The van der Waals surface area contributed by atoms with Crippen LogP contribution in [0.4, 0.5) is 4.79 Å². The zero-order valence-corrected chi connectivity index (χ0v) is 8.29. The van der Waals surface area contributed by atoms with Crippen LogP contribution in [0.3, 0.4) is 0 Å². The third-order valence-corrected chi connectivity index (χ3v) is 2.51. The number of likely N-dealkylation sites (N-methyl/N-ethyl adjacent to an activating group) is 1. The van der Waals surface area contributed by atoms with E-state index in [4.69, 9.17) is 5.11 Å². The van der Waals surface area contributed by atoms with E-state index in [1.54, 1.807) is 0 Å². The van der Waals surface area contributed by atoms with Crippen LogP contribution in [0.25, 0.3) is 0 Å². The Bertz CT molecular complexity index is 184. The Hall–Kier alpha value is -0.770. The van der Waals surface area contributed by atoms with Gasteiger partial charge in [-0.15, -0.1) is 0 Å². The van der Waals surface area contributed by atoms with Crippen LogP contribution in [0.1, 0.15) is 20.3 Å². The number of hydrogen-bond donors (Lipinski definition) is 2. The molecule has 1 saturated heterocycles. The van der Waals surface area contributed by atoms with Crippen molar-refractivity contribution in [2.75, 3.05) is 19.6 Å². The number of nitrogens with one attached hydrogen (secondary N) is 1. The van der Waals surface area contributed by atoms with Gasteiger partial charge in [-0.2, -0.15) is 0 Å². The van der Waals surface area contributed by atoms with Crippen LogP contribution >= 0.6 is 0 Å². The van der Waals surface area contributed by atoms with Gasteiger partial charge in [0, 0.05) is 19.1 Å². The zero-order chi connectivity index (χ0) is 9.84. The van der Waals surface area contributed by atoms with Gasteiger partial charge in [0.15, 0.2) is 0 Å². The van der Waals surface area contributed by atoms with E-state index in [1.165, 1.54) is 0 Å². The number of carboxylic acid groups (broad SMARTS) is 1. The summed E-state index contributed by atoms with van der Waals surface area (Å²) in [4.78, 5) is 12.7. The molecule has 1 aliphatic rings. The van der Waals surface area contributed by atoms with Crippen molar-refractivity contribution in [1.82, 2.24) is 10.2 Å². The molecule has 2 N–H and O–H groups in total.